The van der Waals surface area contributed by atoms with Gasteiger partial charge in [0.05, 0.1) is 16.7 Å². The summed E-state index contributed by atoms with van der Waals surface area (Å²) in [5, 5.41) is 7.68. The van der Waals surface area contributed by atoms with Crippen molar-refractivity contribution >= 4 is 40.6 Å². The molecule has 130 valence electrons. The van der Waals surface area contributed by atoms with Crippen molar-refractivity contribution in [1.29, 1.82) is 0 Å². The quantitative estimate of drug-likeness (QED) is 0.677. The van der Waals surface area contributed by atoms with E-state index in [1.165, 1.54) is 6.08 Å². The summed E-state index contributed by atoms with van der Waals surface area (Å²) in [6.45, 7) is 6.81. The molecule has 0 unspecified atom stereocenters. The molecular weight excluding hydrogens is 338 g/mol. The molecule has 25 heavy (non-hydrogen) atoms. The van der Waals surface area contributed by atoms with E-state index in [2.05, 4.69) is 34.2 Å². The molecule has 0 fully saturated rings. The zero-order valence-electron chi connectivity index (χ0n) is 14.4. The minimum absolute atomic E-state index is 0.286. The monoisotopic (exact) mass is 357 g/mol. The molecule has 3 aromatic rings. The molecule has 0 aliphatic rings. The van der Waals surface area contributed by atoms with Crippen LogP contribution in [0.15, 0.2) is 30.3 Å². The van der Waals surface area contributed by atoms with Gasteiger partial charge in [-0.1, -0.05) is 37.6 Å². The molecule has 1 aromatic carbocycles. The average Bonchev–Trinajstić information content (AvgIpc) is 3.06. The fourth-order valence-corrected chi connectivity index (χ4v) is 2.86. The molecule has 1 amide bonds. The molecule has 0 aliphatic heterocycles. The number of fused-ring (bicyclic) bond motifs is 1. The molecule has 2 heterocycles. The number of aryl methyl sites for hydroxylation is 1. The van der Waals surface area contributed by atoms with Crippen LogP contribution in [-0.4, -0.2) is 25.7 Å². The van der Waals surface area contributed by atoms with Crippen LogP contribution in [0.5, 0.6) is 0 Å². The van der Waals surface area contributed by atoms with Gasteiger partial charge in [0.15, 0.2) is 0 Å². The number of H-pyrrole nitrogens is 1. The first kappa shape index (κ1) is 17.2. The van der Waals surface area contributed by atoms with E-state index in [1.807, 2.05) is 31.2 Å². The topological polar surface area (TPSA) is 75.6 Å². The third-order valence-electron chi connectivity index (χ3n) is 3.68. The Balaban J connectivity index is 1.73. The van der Waals surface area contributed by atoms with Crippen LogP contribution in [0.25, 0.3) is 17.1 Å². The lowest BCUT2D eigenvalue weighted by Crippen LogP contribution is -2.09. The van der Waals surface area contributed by atoms with Crippen molar-refractivity contribution in [1.82, 2.24) is 19.7 Å². The van der Waals surface area contributed by atoms with E-state index in [4.69, 9.17) is 11.6 Å². The SMILES string of the molecule is Cc1nn(CC(C)C)c(Cl)c1/C=C/C(=O)Nc1nc2ccccc2[nH]1. The van der Waals surface area contributed by atoms with Gasteiger partial charge in [0.2, 0.25) is 5.95 Å². The molecule has 0 atom stereocenters. The molecule has 0 saturated heterocycles. The van der Waals surface area contributed by atoms with E-state index in [1.54, 1.807) is 10.8 Å². The van der Waals surface area contributed by atoms with Crippen LogP contribution < -0.4 is 5.32 Å². The number of carbonyl (C=O) groups excluding carboxylic acids is 1. The number of carbonyl (C=O) groups is 1. The minimum atomic E-state index is -0.286. The molecule has 7 heteroatoms. The van der Waals surface area contributed by atoms with Gasteiger partial charge in [-0.2, -0.15) is 5.10 Å². The van der Waals surface area contributed by atoms with E-state index < -0.39 is 0 Å². The second-order valence-electron chi connectivity index (χ2n) is 6.29. The lowest BCUT2D eigenvalue weighted by Gasteiger charge is -2.05. The van der Waals surface area contributed by atoms with Crippen LogP contribution in [0.4, 0.5) is 5.95 Å². The molecule has 0 saturated carbocycles. The second kappa shape index (κ2) is 7.11. The van der Waals surface area contributed by atoms with Crippen molar-refractivity contribution in [3.05, 3.63) is 46.8 Å². The Morgan fingerprint density at radius 2 is 2.16 bits per heavy atom. The molecular formula is C18H20ClN5O. The lowest BCUT2D eigenvalue weighted by molar-refractivity contribution is -0.111. The van der Waals surface area contributed by atoms with E-state index in [-0.39, 0.29) is 5.91 Å². The van der Waals surface area contributed by atoms with Crippen LogP contribution >= 0.6 is 11.6 Å². The van der Waals surface area contributed by atoms with Crippen molar-refractivity contribution < 1.29 is 4.79 Å². The van der Waals surface area contributed by atoms with Gasteiger partial charge >= 0.3 is 0 Å². The van der Waals surface area contributed by atoms with Crippen molar-refractivity contribution in [3.8, 4) is 0 Å². The molecule has 0 aliphatic carbocycles. The fraction of sp³-hybridized carbons (Fsp3) is 0.278. The largest absolute Gasteiger partial charge is 0.324 e. The number of hydrogen-bond acceptors (Lipinski definition) is 3. The van der Waals surface area contributed by atoms with Crippen molar-refractivity contribution in [2.24, 2.45) is 5.92 Å². The van der Waals surface area contributed by atoms with Gasteiger partial charge in [0.25, 0.3) is 5.91 Å². The maximum Gasteiger partial charge on any atom is 0.250 e. The Hall–Kier alpha value is -2.60. The zero-order chi connectivity index (χ0) is 18.0. The maximum atomic E-state index is 12.1. The molecule has 6 nitrogen and oxygen atoms in total. The Kier molecular flexibility index (Phi) is 4.90. The number of benzene rings is 1. The minimum Gasteiger partial charge on any atom is -0.324 e. The number of nitrogens with zero attached hydrogens (tertiary/aromatic N) is 3. The molecule has 0 radical (unpaired) electrons. The predicted molar refractivity (Wildman–Crippen MR) is 101 cm³/mol. The first-order chi connectivity index (χ1) is 11.9. The molecule has 2 aromatic heterocycles. The van der Waals surface area contributed by atoms with E-state index in [0.717, 1.165) is 28.8 Å². The first-order valence-electron chi connectivity index (χ1n) is 8.10. The summed E-state index contributed by atoms with van der Waals surface area (Å²) < 4.78 is 1.76. The Labute approximate surface area is 150 Å². The number of aromatic nitrogens is 4. The standard InChI is InChI=1S/C18H20ClN5O/c1-11(2)10-24-17(19)13(12(3)23-24)8-9-16(25)22-18-20-14-6-4-5-7-15(14)21-18/h4-9,11H,10H2,1-3H3,(H2,20,21,22,25)/b9-8+. The predicted octanol–water partition coefficient (Wildman–Crippen LogP) is 4.03. The average molecular weight is 358 g/mol. The summed E-state index contributed by atoms with van der Waals surface area (Å²) in [4.78, 5) is 19.5. The van der Waals surface area contributed by atoms with Gasteiger partial charge in [-0.25, -0.2) is 4.98 Å². The summed E-state index contributed by atoms with van der Waals surface area (Å²) in [6.07, 6.45) is 3.11. The highest BCUT2D eigenvalue weighted by Gasteiger charge is 2.12. The molecule has 3 rings (SSSR count). The van der Waals surface area contributed by atoms with Gasteiger partial charge in [-0.15, -0.1) is 0 Å². The Morgan fingerprint density at radius 3 is 2.88 bits per heavy atom. The van der Waals surface area contributed by atoms with Gasteiger partial charge in [0, 0.05) is 18.2 Å². The summed E-state index contributed by atoms with van der Waals surface area (Å²) in [5.41, 5.74) is 3.21. The number of rotatable bonds is 5. The summed E-state index contributed by atoms with van der Waals surface area (Å²) in [7, 11) is 0. The maximum absolute atomic E-state index is 12.1. The summed E-state index contributed by atoms with van der Waals surface area (Å²) >= 11 is 6.37. The smallest absolute Gasteiger partial charge is 0.250 e. The number of para-hydroxylation sites is 2. The third-order valence-corrected chi connectivity index (χ3v) is 4.08. The van der Waals surface area contributed by atoms with Crippen molar-refractivity contribution in [2.45, 2.75) is 27.3 Å². The Bertz CT molecular complexity index is 905. The summed E-state index contributed by atoms with van der Waals surface area (Å²) in [6, 6.07) is 7.59. The molecule has 2 N–H and O–H groups in total. The molecule has 0 spiro atoms. The van der Waals surface area contributed by atoms with Crippen LogP contribution in [-0.2, 0) is 11.3 Å². The van der Waals surface area contributed by atoms with Crippen LogP contribution in [0.1, 0.15) is 25.1 Å². The first-order valence-corrected chi connectivity index (χ1v) is 8.48. The third kappa shape index (κ3) is 3.91. The number of aromatic amines is 1. The number of anilines is 1. The van der Waals surface area contributed by atoms with Gasteiger partial charge in [-0.05, 0) is 31.1 Å². The van der Waals surface area contributed by atoms with E-state index >= 15 is 0 Å². The fourth-order valence-electron chi connectivity index (χ4n) is 2.55. The van der Waals surface area contributed by atoms with E-state index in [0.29, 0.717) is 17.0 Å². The Morgan fingerprint density at radius 1 is 1.40 bits per heavy atom. The lowest BCUT2D eigenvalue weighted by atomic mass is 10.2. The van der Waals surface area contributed by atoms with Crippen molar-refractivity contribution in [3.63, 3.8) is 0 Å². The van der Waals surface area contributed by atoms with Crippen LogP contribution in [0.3, 0.4) is 0 Å². The van der Waals surface area contributed by atoms with Crippen LogP contribution in [0, 0.1) is 12.8 Å². The van der Waals surface area contributed by atoms with Gasteiger partial charge in [0.1, 0.15) is 5.15 Å². The number of amides is 1. The number of hydrogen-bond donors (Lipinski definition) is 2. The number of imidazole rings is 1. The molecule has 0 bridgehead atoms. The normalized spacial score (nSPS) is 11.7. The van der Waals surface area contributed by atoms with Crippen molar-refractivity contribution in [2.75, 3.05) is 5.32 Å². The van der Waals surface area contributed by atoms with E-state index in [9.17, 15) is 4.79 Å². The van der Waals surface area contributed by atoms with Gasteiger partial charge in [-0.3, -0.25) is 14.8 Å². The highest BCUT2D eigenvalue weighted by Crippen LogP contribution is 2.22. The highest BCUT2D eigenvalue weighted by molar-refractivity contribution is 6.31. The summed E-state index contributed by atoms with van der Waals surface area (Å²) in [5.74, 6) is 0.560. The van der Waals surface area contributed by atoms with Crippen LogP contribution in [0.2, 0.25) is 5.15 Å². The number of halogens is 1. The highest BCUT2D eigenvalue weighted by atomic mass is 35.5. The zero-order valence-corrected chi connectivity index (χ0v) is 15.1. The van der Waals surface area contributed by atoms with Gasteiger partial charge < -0.3 is 4.98 Å². The second-order valence-corrected chi connectivity index (χ2v) is 6.65. The number of nitrogens with one attached hydrogen (secondary N) is 2.